The van der Waals surface area contributed by atoms with E-state index in [4.69, 9.17) is 4.78 Å². The highest BCUT2D eigenvalue weighted by molar-refractivity contribution is 7.90. The van der Waals surface area contributed by atoms with Crippen molar-refractivity contribution in [3.05, 3.63) is 83.2 Å². The van der Waals surface area contributed by atoms with E-state index >= 15 is 0 Å². The van der Waals surface area contributed by atoms with E-state index in [0.717, 1.165) is 17.7 Å². The number of anilines is 1. The highest BCUT2D eigenvalue weighted by Crippen LogP contribution is 2.29. The number of benzene rings is 2. The number of amides is 1. The van der Waals surface area contributed by atoms with Gasteiger partial charge in [0.15, 0.2) is 11.6 Å². The van der Waals surface area contributed by atoms with Crippen LogP contribution in [0.4, 0.5) is 14.5 Å². The van der Waals surface area contributed by atoms with Gasteiger partial charge in [-0.15, -0.1) is 0 Å². The Morgan fingerprint density at radius 2 is 1.97 bits per heavy atom. The number of hydrogen-bond donors (Lipinski definition) is 3. The van der Waals surface area contributed by atoms with Gasteiger partial charge in [0.05, 0.1) is 4.90 Å². The van der Waals surface area contributed by atoms with Crippen LogP contribution in [0.15, 0.2) is 59.6 Å². The number of halogens is 2. The first-order chi connectivity index (χ1) is 14.7. The first-order valence-corrected chi connectivity index (χ1v) is 11.3. The molecule has 2 atom stereocenters. The lowest BCUT2D eigenvalue weighted by Crippen LogP contribution is -2.34. The topological polar surface area (TPSA) is 87.0 Å². The molecule has 3 aromatic rings. The molecule has 0 saturated carbocycles. The molecule has 0 spiro atoms. The maximum atomic E-state index is 13.5. The summed E-state index contributed by atoms with van der Waals surface area (Å²) in [6, 6.07) is 12.7. The Morgan fingerprint density at radius 3 is 2.68 bits per heavy atom. The summed E-state index contributed by atoms with van der Waals surface area (Å²) < 4.78 is 52.8. The smallest absolute Gasteiger partial charge is 0.272 e. The minimum Gasteiger partial charge on any atom is -0.345 e. The van der Waals surface area contributed by atoms with Crippen LogP contribution in [0.2, 0.25) is 0 Å². The Labute approximate surface area is 179 Å². The summed E-state index contributed by atoms with van der Waals surface area (Å²) >= 11 is 0. The van der Waals surface area contributed by atoms with Crippen LogP contribution in [0.5, 0.6) is 0 Å². The summed E-state index contributed by atoms with van der Waals surface area (Å²) in [7, 11) is -1.70. The molecule has 0 fully saturated rings. The molecule has 9 heteroatoms. The third-order valence-corrected chi connectivity index (χ3v) is 6.99. The van der Waals surface area contributed by atoms with Crippen molar-refractivity contribution in [1.82, 2.24) is 9.29 Å². The Bertz CT molecular complexity index is 1240. The Kier molecular flexibility index (Phi) is 5.63. The minimum atomic E-state index is -3.33. The van der Waals surface area contributed by atoms with Crippen LogP contribution >= 0.6 is 0 Å². The third kappa shape index (κ3) is 4.38. The SMILES string of the molecule is Cn1cc2c(c1C(=O)Nc1ccc(F)c(F)c1)CC[C@@H](Cc1ccccc1)NS2(=N)=O. The van der Waals surface area contributed by atoms with Crippen LogP contribution in [-0.4, -0.2) is 20.7 Å². The summed E-state index contributed by atoms with van der Waals surface area (Å²) in [5, 5.41) is 2.56. The molecule has 0 bridgehead atoms. The first-order valence-electron chi connectivity index (χ1n) is 9.79. The molecule has 4 rings (SSSR count). The molecule has 2 aromatic carbocycles. The average molecular weight is 445 g/mol. The van der Waals surface area contributed by atoms with E-state index in [0.29, 0.717) is 24.8 Å². The maximum absolute atomic E-state index is 13.5. The molecule has 6 nitrogen and oxygen atoms in total. The zero-order valence-electron chi connectivity index (χ0n) is 16.8. The summed E-state index contributed by atoms with van der Waals surface area (Å²) in [5.74, 6) is -2.60. The fraction of sp³-hybridized carbons (Fsp3) is 0.227. The second kappa shape index (κ2) is 8.24. The molecule has 0 aliphatic carbocycles. The monoisotopic (exact) mass is 444 g/mol. The predicted octanol–water partition coefficient (Wildman–Crippen LogP) is 4.02. The Balaban J connectivity index is 1.62. The zero-order valence-corrected chi connectivity index (χ0v) is 17.6. The van der Waals surface area contributed by atoms with Crippen LogP contribution in [0.1, 0.15) is 28.0 Å². The van der Waals surface area contributed by atoms with E-state index in [1.165, 1.54) is 16.8 Å². The van der Waals surface area contributed by atoms with Gasteiger partial charge in [-0.2, -0.15) is 0 Å². The van der Waals surface area contributed by atoms with Gasteiger partial charge in [0.25, 0.3) is 5.91 Å². The van der Waals surface area contributed by atoms with Crippen molar-refractivity contribution >= 4 is 21.5 Å². The van der Waals surface area contributed by atoms with Crippen molar-refractivity contribution in [3.8, 4) is 0 Å². The number of aryl methyl sites for hydroxylation is 1. The van der Waals surface area contributed by atoms with E-state index in [1.54, 1.807) is 7.05 Å². The van der Waals surface area contributed by atoms with Crippen LogP contribution in [-0.2, 0) is 29.8 Å². The van der Waals surface area contributed by atoms with Gasteiger partial charge in [-0.25, -0.2) is 22.5 Å². The molecular weight excluding hydrogens is 422 g/mol. The van der Waals surface area contributed by atoms with Gasteiger partial charge >= 0.3 is 0 Å². The Hall–Kier alpha value is -3.04. The molecule has 1 aliphatic heterocycles. The van der Waals surface area contributed by atoms with Crippen molar-refractivity contribution in [2.24, 2.45) is 7.05 Å². The summed E-state index contributed by atoms with van der Waals surface area (Å²) in [4.78, 5) is 13.2. The van der Waals surface area contributed by atoms with Gasteiger partial charge in [-0.05, 0) is 37.0 Å². The normalized spacial score (nSPS) is 20.7. The molecule has 0 radical (unpaired) electrons. The second-order valence-electron chi connectivity index (χ2n) is 7.61. The molecule has 1 aromatic heterocycles. The standard InChI is InChI=1S/C22H22F2N4O2S/c1-28-13-20-17(21(28)22(29)26-15-8-10-18(23)19(24)12-15)9-7-16(27-31(20,25)30)11-14-5-3-2-4-6-14/h2-6,8,10,12-13,16H,7,9,11H2,1H3,(H,26,29)(H2,25,27,30)/t16-,31?/m0/s1. The summed E-state index contributed by atoms with van der Waals surface area (Å²) in [5.41, 5.74) is 1.96. The van der Waals surface area contributed by atoms with Crippen molar-refractivity contribution < 1.29 is 17.8 Å². The Morgan fingerprint density at radius 1 is 1.23 bits per heavy atom. The number of carbonyl (C=O) groups excluding carboxylic acids is 1. The van der Waals surface area contributed by atoms with E-state index in [1.807, 2.05) is 30.3 Å². The average Bonchev–Trinajstić information content (AvgIpc) is 3.01. The van der Waals surface area contributed by atoms with E-state index in [2.05, 4.69) is 10.0 Å². The number of carbonyl (C=O) groups is 1. The second-order valence-corrected chi connectivity index (χ2v) is 9.40. The number of nitrogens with one attached hydrogen (secondary N) is 3. The van der Waals surface area contributed by atoms with Crippen LogP contribution in [0.3, 0.4) is 0 Å². The van der Waals surface area contributed by atoms with E-state index in [9.17, 15) is 17.8 Å². The quantitative estimate of drug-likeness (QED) is 0.568. The number of nitrogens with zero attached hydrogens (tertiary/aromatic N) is 1. The van der Waals surface area contributed by atoms with E-state index < -0.39 is 27.5 Å². The maximum Gasteiger partial charge on any atom is 0.272 e. The van der Waals surface area contributed by atoms with Gasteiger partial charge < -0.3 is 9.88 Å². The van der Waals surface area contributed by atoms with Crippen molar-refractivity contribution in [1.29, 1.82) is 4.78 Å². The summed E-state index contributed by atoms with van der Waals surface area (Å²) in [6.07, 6.45) is 3.19. The number of aromatic nitrogens is 1. The zero-order chi connectivity index (χ0) is 22.2. The third-order valence-electron chi connectivity index (χ3n) is 5.35. The van der Waals surface area contributed by atoms with Crippen LogP contribution in [0.25, 0.3) is 0 Å². The lowest BCUT2D eigenvalue weighted by molar-refractivity contribution is 0.101. The number of hydrogen-bond acceptors (Lipinski definition) is 3. The van der Waals surface area contributed by atoms with Gasteiger partial charge in [0, 0.05) is 36.6 Å². The molecule has 3 N–H and O–H groups in total. The van der Waals surface area contributed by atoms with Crippen molar-refractivity contribution in [2.45, 2.75) is 30.2 Å². The van der Waals surface area contributed by atoms with Gasteiger partial charge in [0.1, 0.15) is 15.6 Å². The molecule has 1 aliphatic rings. The lowest BCUT2D eigenvalue weighted by Gasteiger charge is -2.17. The molecule has 162 valence electrons. The highest BCUT2D eigenvalue weighted by atomic mass is 32.2. The van der Waals surface area contributed by atoms with Crippen LogP contribution in [0, 0.1) is 16.4 Å². The number of fused-ring (bicyclic) bond motifs is 1. The summed E-state index contributed by atoms with van der Waals surface area (Å²) in [6.45, 7) is 0. The molecule has 1 unspecified atom stereocenters. The molecular formula is C22H22F2N4O2S. The highest BCUT2D eigenvalue weighted by Gasteiger charge is 2.31. The lowest BCUT2D eigenvalue weighted by atomic mass is 9.99. The minimum absolute atomic E-state index is 0.110. The largest absolute Gasteiger partial charge is 0.345 e. The molecule has 2 heterocycles. The first kappa shape index (κ1) is 21.2. The van der Waals surface area contributed by atoms with Crippen LogP contribution < -0.4 is 10.0 Å². The molecule has 31 heavy (non-hydrogen) atoms. The predicted molar refractivity (Wildman–Crippen MR) is 114 cm³/mol. The fourth-order valence-electron chi connectivity index (χ4n) is 3.92. The molecule has 0 saturated heterocycles. The van der Waals surface area contributed by atoms with Crippen molar-refractivity contribution in [2.75, 3.05) is 5.32 Å². The van der Waals surface area contributed by atoms with Gasteiger partial charge in [0.2, 0.25) is 0 Å². The van der Waals surface area contributed by atoms with Crippen molar-refractivity contribution in [3.63, 3.8) is 0 Å². The fourth-order valence-corrected chi connectivity index (χ4v) is 5.57. The van der Waals surface area contributed by atoms with E-state index in [-0.39, 0.29) is 22.3 Å². The number of rotatable bonds is 4. The molecule has 1 amide bonds. The van der Waals surface area contributed by atoms with Gasteiger partial charge in [-0.1, -0.05) is 30.3 Å². The van der Waals surface area contributed by atoms with Gasteiger partial charge in [-0.3, -0.25) is 4.79 Å².